The molecule has 0 aliphatic carbocycles. The van der Waals surface area contributed by atoms with Crippen molar-refractivity contribution in [3.8, 4) is 11.5 Å². The number of hydrogen-bond donors (Lipinski definition) is 2. The van der Waals surface area contributed by atoms with Gasteiger partial charge in [-0.05, 0) is 25.5 Å². The first-order valence-corrected chi connectivity index (χ1v) is 7.23. The van der Waals surface area contributed by atoms with Gasteiger partial charge in [0.05, 0.1) is 0 Å². The molecular weight excluding hydrogens is 304 g/mol. The Morgan fingerprint density at radius 1 is 1.35 bits per heavy atom. The first-order chi connectivity index (χ1) is 11.0. The Labute approximate surface area is 132 Å². The Bertz CT molecular complexity index is 659. The molecule has 0 unspecified atom stereocenters. The van der Waals surface area contributed by atoms with E-state index in [9.17, 15) is 14.4 Å². The van der Waals surface area contributed by atoms with Gasteiger partial charge in [-0.3, -0.25) is 9.59 Å². The molecule has 3 rings (SSSR count). The van der Waals surface area contributed by atoms with Crippen LogP contribution in [0.4, 0.5) is 5.69 Å². The number of amides is 2. The molecule has 2 amide bonds. The summed E-state index contributed by atoms with van der Waals surface area (Å²) in [5.74, 6) is -0.115. The number of carbonyl (C=O) groups excluding carboxylic acids is 3. The van der Waals surface area contributed by atoms with Gasteiger partial charge in [0, 0.05) is 18.2 Å². The smallest absolute Gasteiger partial charge is 0.329 e. The van der Waals surface area contributed by atoms with Crippen LogP contribution in [0.3, 0.4) is 0 Å². The van der Waals surface area contributed by atoms with Gasteiger partial charge in [-0.15, -0.1) is 0 Å². The third-order valence-electron chi connectivity index (χ3n) is 3.58. The topological polar surface area (TPSA) is 103 Å². The van der Waals surface area contributed by atoms with Gasteiger partial charge in [-0.2, -0.15) is 0 Å². The zero-order valence-electron chi connectivity index (χ0n) is 12.5. The van der Waals surface area contributed by atoms with Crippen LogP contribution in [-0.2, 0) is 19.1 Å². The summed E-state index contributed by atoms with van der Waals surface area (Å²) in [4.78, 5) is 35.0. The van der Waals surface area contributed by atoms with E-state index >= 15 is 0 Å². The van der Waals surface area contributed by atoms with E-state index in [2.05, 4.69) is 10.6 Å². The van der Waals surface area contributed by atoms with E-state index in [-0.39, 0.29) is 19.1 Å². The highest BCUT2D eigenvalue weighted by molar-refractivity contribution is 5.96. The van der Waals surface area contributed by atoms with Crippen LogP contribution in [0.5, 0.6) is 11.5 Å². The Balaban J connectivity index is 1.55. The first-order valence-electron chi connectivity index (χ1n) is 7.23. The van der Waals surface area contributed by atoms with E-state index in [1.54, 1.807) is 18.2 Å². The van der Waals surface area contributed by atoms with Crippen molar-refractivity contribution in [1.82, 2.24) is 5.32 Å². The van der Waals surface area contributed by atoms with Crippen LogP contribution in [0.25, 0.3) is 0 Å². The third-order valence-corrected chi connectivity index (χ3v) is 3.58. The zero-order valence-corrected chi connectivity index (χ0v) is 12.5. The maximum atomic E-state index is 12.1. The molecule has 2 N–H and O–H groups in total. The molecular formula is C15H16N2O6. The number of ether oxygens (including phenoxy) is 3. The predicted molar refractivity (Wildman–Crippen MR) is 77.9 cm³/mol. The molecule has 8 nitrogen and oxygen atoms in total. The van der Waals surface area contributed by atoms with Crippen LogP contribution in [0, 0.1) is 0 Å². The van der Waals surface area contributed by atoms with Gasteiger partial charge in [0.15, 0.2) is 17.6 Å². The summed E-state index contributed by atoms with van der Waals surface area (Å²) in [6, 6.07) is 4.30. The molecule has 122 valence electrons. The third kappa shape index (κ3) is 3.36. The molecule has 0 radical (unpaired) electrons. The second-order valence-corrected chi connectivity index (χ2v) is 5.30. The second-order valence-electron chi connectivity index (χ2n) is 5.30. The van der Waals surface area contributed by atoms with Gasteiger partial charge in [0.1, 0.15) is 6.04 Å². The largest absolute Gasteiger partial charge is 0.454 e. The Morgan fingerprint density at radius 2 is 2.13 bits per heavy atom. The molecule has 1 aromatic rings. The van der Waals surface area contributed by atoms with Crippen molar-refractivity contribution in [3.63, 3.8) is 0 Å². The molecule has 8 heteroatoms. The van der Waals surface area contributed by atoms with Gasteiger partial charge in [-0.25, -0.2) is 4.79 Å². The summed E-state index contributed by atoms with van der Waals surface area (Å²) in [6.45, 7) is 1.62. The lowest BCUT2D eigenvalue weighted by Gasteiger charge is -2.16. The van der Waals surface area contributed by atoms with Crippen molar-refractivity contribution >= 4 is 23.5 Å². The van der Waals surface area contributed by atoms with E-state index < -0.39 is 24.0 Å². The molecule has 23 heavy (non-hydrogen) atoms. The summed E-state index contributed by atoms with van der Waals surface area (Å²) < 4.78 is 15.5. The minimum Gasteiger partial charge on any atom is -0.454 e. The molecule has 1 saturated heterocycles. The fourth-order valence-corrected chi connectivity index (χ4v) is 2.32. The molecule has 1 aromatic carbocycles. The zero-order chi connectivity index (χ0) is 16.4. The highest BCUT2D eigenvalue weighted by atomic mass is 16.7. The highest BCUT2D eigenvalue weighted by Crippen LogP contribution is 2.34. The van der Waals surface area contributed by atoms with Crippen molar-refractivity contribution < 1.29 is 28.6 Å². The Kier molecular flexibility index (Phi) is 4.05. The van der Waals surface area contributed by atoms with Crippen LogP contribution in [-0.4, -0.2) is 36.7 Å². The molecule has 1 fully saturated rings. The number of nitrogens with one attached hydrogen (secondary N) is 2. The highest BCUT2D eigenvalue weighted by Gasteiger charge is 2.30. The fraction of sp³-hybridized carbons (Fsp3) is 0.400. The van der Waals surface area contributed by atoms with E-state index in [1.165, 1.54) is 6.92 Å². The Hall–Kier alpha value is -2.77. The molecule has 2 aliphatic rings. The number of anilines is 1. The van der Waals surface area contributed by atoms with E-state index in [4.69, 9.17) is 14.2 Å². The second kappa shape index (κ2) is 6.15. The lowest BCUT2D eigenvalue weighted by molar-refractivity contribution is -0.155. The molecule has 2 heterocycles. The quantitative estimate of drug-likeness (QED) is 0.786. The predicted octanol–water partition coefficient (Wildman–Crippen LogP) is 0.564. The standard InChI is InChI=1S/C15H16N2O6/c1-8(23-15(20)10-3-5-13(18)17-10)14(19)16-9-2-4-11-12(6-9)22-7-21-11/h2,4,6,8,10H,3,5,7H2,1H3,(H,16,19)(H,17,18)/t8-,10-/m0/s1. The number of benzene rings is 1. The summed E-state index contributed by atoms with van der Waals surface area (Å²) in [7, 11) is 0. The summed E-state index contributed by atoms with van der Waals surface area (Å²) in [5, 5.41) is 5.14. The lowest BCUT2D eigenvalue weighted by atomic mass is 10.2. The summed E-state index contributed by atoms with van der Waals surface area (Å²) in [6.07, 6.45) is -0.309. The minimum atomic E-state index is -0.981. The normalized spacial score (nSPS) is 19.9. The number of rotatable bonds is 4. The molecule has 0 spiro atoms. The first kappa shape index (κ1) is 15.1. The molecule has 0 bridgehead atoms. The van der Waals surface area contributed by atoms with Gasteiger partial charge >= 0.3 is 5.97 Å². The van der Waals surface area contributed by atoms with Crippen LogP contribution in [0.2, 0.25) is 0 Å². The van der Waals surface area contributed by atoms with Crippen molar-refractivity contribution in [2.75, 3.05) is 12.1 Å². The number of hydrogen-bond acceptors (Lipinski definition) is 6. The lowest BCUT2D eigenvalue weighted by Crippen LogP contribution is -2.39. The molecule has 2 aliphatic heterocycles. The average molecular weight is 320 g/mol. The van der Waals surface area contributed by atoms with Gasteiger partial charge in [0.2, 0.25) is 12.7 Å². The number of fused-ring (bicyclic) bond motifs is 1. The molecule has 0 saturated carbocycles. The molecule has 2 atom stereocenters. The SMILES string of the molecule is C[C@H](OC(=O)[C@@H]1CCC(=O)N1)C(=O)Nc1ccc2c(c1)OCO2. The van der Waals surface area contributed by atoms with Gasteiger partial charge < -0.3 is 24.8 Å². The van der Waals surface area contributed by atoms with Crippen molar-refractivity contribution in [2.24, 2.45) is 0 Å². The minimum absolute atomic E-state index is 0.147. The maximum absolute atomic E-state index is 12.1. The van der Waals surface area contributed by atoms with Crippen molar-refractivity contribution in [3.05, 3.63) is 18.2 Å². The number of esters is 1. The van der Waals surface area contributed by atoms with Crippen LogP contribution in [0.1, 0.15) is 19.8 Å². The summed E-state index contributed by atoms with van der Waals surface area (Å²) >= 11 is 0. The summed E-state index contributed by atoms with van der Waals surface area (Å²) in [5.41, 5.74) is 0.510. The number of carbonyl (C=O) groups is 3. The fourth-order valence-electron chi connectivity index (χ4n) is 2.32. The van der Waals surface area contributed by atoms with Gasteiger partial charge in [0.25, 0.3) is 5.91 Å². The van der Waals surface area contributed by atoms with Crippen molar-refractivity contribution in [2.45, 2.75) is 31.9 Å². The van der Waals surface area contributed by atoms with Crippen LogP contribution in [0.15, 0.2) is 18.2 Å². The Morgan fingerprint density at radius 3 is 2.87 bits per heavy atom. The van der Waals surface area contributed by atoms with E-state index in [0.717, 1.165) is 0 Å². The van der Waals surface area contributed by atoms with Gasteiger partial charge in [-0.1, -0.05) is 0 Å². The monoisotopic (exact) mass is 320 g/mol. The van der Waals surface area contributed by atoms with E-state index in [0.29, 0.717) is 23.6 Å². The van der Waals surface area contributed by atoms with Crippen molar-refractivity contribution in [1.29, 1.82) is 0 Å². The van der Waals surface area contributed by atoms with E-state index in [1.807, 2.05) is 0 Å². The van der Waals surface area contributed by atoms with Crippen LogP contribution < -0.4 is 20.1 Å². The molecule has 0 aromatic heterocycles. The van der Waals surface area contributed by atoms with Crippen LogP contribution >= 0.6 is 0 Å². The maximum Gasteiger partial charge on any atom is 0.329 e. The average Bonchev–Trinajstić information content (AvgIpc) is 3.15.